The molecule has 2 saturated heterocycles. The van der Waals surface area contributed by atoms with Crippen LogP contribution in [0.15, 0.2) is 30.6 Å². The van der Waals surface area contributed by atoms with E-state index in [0.717, 1.165) is 37.8 Å². The molecule has 2 aliphatic heterocycles. The molecule has 0 bridgehead atoms. The molecule has 2 aliphatic rings. The number of ether oxygens (including phenoxy) is 2. The number of aromatic nitrogens is 2. The Morgan fingerprint density at radius 1 is 1.38 bits per heavy atom. The van der Waals surface area contributed by atoms with E-state index in [2.05, 4.69) is 5.10 Å². The third-order valence-electron chi connectivity index (χ3n) is 5.43. The molecule has 24 heavy (non-hydrogen) atoms. The van der Waals surface area contributed by atoms with Crippen LogP contribution in [0.25, 0.3) is 5.52 Å². The fourth-order valence-corrected chi connectivity index (χ4v) is 4.06. The first-order valence-corrected chi connectivity index (χ1v) is 8.62. The normalized spacial score (nSPS) is 23.7. The zero-order chi connectivity index (χ0) is 16.6. The van der Waals surface area contributed by atoms with Gasteiger partial charge >= 0.3 is 0 Å². The Labute approximate surface area is 141 Å². The number of rotatable bonds is 2. The van der Waals surface area contributed by atoms with Crippen LogP contribution in [-0.2, 0) is 9.47 Å². The molecule has 1 atom stereocenters. The monoisotopic (exact) mass is 329 g/mol. The Hall–Kier alpha value is -1.92. The minimum Gasteiger partial charge on any atom is -0.378 e. The predicted octanol–water partition coefficient (Wildman–Crippen LogP) is 2.13. The molecule has 0 radical (unpaired) electrons. The molecule has 0 saturated carbocycles. The van der Waals surface area contributed by atoms with E-state index in [9.17, 15) is 4.79 Å². The van der Waals surface area contributed by atoms with Gasteiger partial charge in [0.05, 0.1) is 29.0 Å². The molecular weight excluding hydrogens is 306 g/mol. The van der Waals surface area contributed by atoms with E-state index in [0.29, 0.717) is 18.7 Å². The lowest BCUT2D eigenvalue weighted by Gasteiger charge is -2.47. The third-order valence-corrected chi connectivity index (χ3v) is 5.43. The summed E-state index contributed by atoms with van der Waals surface area (Å²) < 4.78 is 13.5. The molecule has 2 aromatic heterocycles. The highest BCUT2D eigenvalue weighted by Crippen LogP contribution is 2.37. The average molecular weight is 329 g/mol. The molecule has 2 aromatic rings. The second kappa shape index (κ2) is 6.18. The summed E-state index contributed by atoms with van der Waals surface area (Å²) in [6, 6.07) is 5.76. The van der Waals surface area contributed by atoms with Crippen molar-refractivity contribution in [2.45, 2.75) is 37.4 Å². The highest BCUT2D eigenvalue weighted by Gasteiger charge is 2.45. The van der Waals surface area contributed by atoms with Crippen LogP contribution in [0.4, 0.5) is 0 Å². The number of hydrogen-bond acceptors (Lipinski definition) is 4. The molecule has 0 N–H and O–H groups in total. The van der Waals surface area contributed by atoms with Gasteiger partial charge in [-0.15, -0.1) is 0 Å². The van der Waals surface area contributed by atoms with Crippen molar-refractivity contribution >= 4 is 11.4 Å². The predicted molar refractivity (Wildman–Crippen MR) is 89.0 cm³/mol. The molecule has 0 aromatic carbocycles. The summed E-state index contributed by atoms with van der Waals surface area (Å²) in [5, 5.41) is 4.27. The Morgan fingerprint density at radius 3 is 3.00 bits per heavy atom. The highest BCUT2D eigenvalue weighted by molar-refractivity contribution is 6.00. The van der Waals surface area contributed by atoms with Gasteiger partial charge in [0.15, 0.2) is 0 Å². The van der Waals surface area contributed by atoms with Crippen molar-refractivity contribution in [1.82, 2.24) is 14.5 Å². The van der Waals surface area contributed by atoms with Crippen LogP contribution in [0.3, 0.4) is 0 Å². The number of piperidine rings is 1. The second-order valence-corrected chi connectivity index (χ2v) is 6.66. The summed E-state index contributed by atoms with van der Waals surface area (Å²) in [6.45, 7) is 2.19. The van der Waals surface area contributed by atoms with E-state index in [1.54, 1.807) is 17.8 Å². The van der Waals surface area contributed by atoms with Crippen LogP contribution < -0.4 is 0 Å². The van der Waals surface area contributed by atoms with Gasteiger partial charge in [0.1, 0.15) is 0 Å². The molecule has 128 valence electrons. The van der Waals surface area contributed by atoms with Gasteiger partial charge in [-0.05, 0) is 37.8 Å². The van der Waals surface area contributed by atoms with Crippen LogP contribution in [0.2, 0.25) is 0 Å². The Bertz CT molecular complexity index is 734. The molecule has 6 nitrogen and oxygen atoms in total. The van der Waals surface area contributed by atoms with Crippen LogP contribution in [0.5, 0.6) is 0 Å². The Morgan fingerprint density at radius 2 is 2.21 bits per heavy atom. The smallest absolute Gasteiger partial charge is 0.257 e. The molecule has 6 heteroatoms. The maximum atomic E-state index is 12.9. The third kappa shape index (κ3) is 2.50. The summed E-state index contributed by atoms with van der Waals surface area (Å²) in [5.74, 6) is 0.0517. The standard InChI is InChI=1S/C18H23N3O3/c1-23-16-6-4-12-24-18(16)7-10-20(11-8-18)17(22)14-13-19-21-9-3-2-5-15(14)21/h2-3,5,9,13,16H,4,6-8,10-12H2,1H3/t16-/m1/s1. The first kappa shape index (κ1) is 15.6. The number of carbonyl (C=O) groups excluding carboxylic acids is 1. The summed E-state index contributed by atoms with van der Waals surface area (Å²) in [4.78, 5) is 14.8. The number of amides is 1. The van der Waals surface area contributed by atoms with E-state index >= 15 is 0 Å². The van der Waals surface area contributed by atoms with Crippen molar-refractivity contribution in [3.8, 4) is 0 Å². The second-order valence-electron chi connectivity index (χ2n) is 6.66. The number of methoxy groups -OCH3 is 1. The summed E-state index contributed by atoms with van der Waals surface area (Å²) >= 11 is 0. The Kier molecular flexibility index (Phi) is 4.02. The van der Waals surface area contributed by atoms with E-state index in [1.807, 2.05) is 29.3 Å². The van der Waals surface area contributed by atoms with Gasteiger partial charge in [0.2, 0.25) is 0 Å². The van der Waals surface area contributed by atoms with E-state index in [4.69, 9.17) is 9.47 Å². The van der Waals surface area contributed by atoms with Crippen molar-refractivity contribution in [1.29, 1.82) is 0 Å². The summed E-state index contributed by atoms with van der Waals surface area (Å²) in [6.07, 6.45) is 7.41. The fourth-order valence-electron chi connectivity index (χ4n) is 4.06. The van der Waals surface area contributed by atoms with E-state index in [1.165, 1.54) is 0 Å². The van der Waals surface area contributed by atoms with Gasteiger partial charge in [-0.3, -0.25) is 4.79 Å². The number of likely N-dealkylation sites (tertiary alicyclic amines) is 1. The molecule has 4 heterocycles. The minimum absolute atomic E-state index is 0.0517. The molecule has 4 rings (SSSR count). The van der Waals surface area contributed by atoms with E-state index < -0.39 is 0 Å². The molecule has 1 amide bonds. The van der Waals surface area contributed by atoms with Gasteiger partial charge in [-0.25, -0.2) is 4.52 Å². The topological polar surface area (TPSA) is 56.1 Å². The number of fused-ring (bicyclic) bond motifs is 1. The number of hydrogen-bond donors (Lipinski definition) is 0. The Balaban J connectivity index is 1.50. The van der Waals surface area contributed by atoms with Gasteiger partial charge in [-0.1, -0.05) is 6.07 Å². The summed E-state index contributed by atoms with van der Waals surface area (Å²) in [5.41, 5.74) is 1.30. The first-order valence-electron chi connectivity index (χ1n) is 8.62. The maximum Gasteiger partial charge on any atom is 0.257 e. The first-order chi connectivity index (χ1) is 11.7. The highest BCUT2D eigenvalue weighted by atomic mass is 16.5. The number of carbonyl (C=O) groups is 1. The van der Waals surface area contributed by atoms with Crippen molar-refractivity contribution in [3.63, 3.8) is 0 Å². The van der Waals surface area contributed by atoms with Crippen molar-refractivity contribution in [2.75, 3.05) is 26.8 Å². The molecular formula is C18H23N3O3. The molecule has 2 fully saturated rings. The maximum absolute atomic E-state index is 12.9. The largest absolute Gasteiger partial charge is 0.378 e. The SMILES string of the molecule is CO[C@@H]1CCCOC12CCN(C(=O)c1cnn3ccccc13)CC2. The van der Waals surface area contributed by atoms with Crippen LogP contribution in [0.1, 0.15) is 36.0 Å². The average Bonchev–Trinajstić information content (AvgIpc) is 3.06. The lowest BCUT2D eigenvalue weighted by atomic mass is 9.81. The number of pyridine rings is 1. The van der Waals surface area contributed by atoms with Crippen LogP contribution in [-0.4, -0.2) is 58.9 Å². The lowest BCUT2D eigenvalue weighted by Crippen LogP contribution is -2.56. The quantitative estimate of drug-likeness (QED) is 0.847. The van der Waals surface area contributed by atoms with Crippen LogP contribution in [0, 0.1) is 0 Å². The molecule has 0 aliphatic carbocycles. The zero-order valence-electron chi connectivity index (χ0n) is 14.0. The van der Waals surface area contributed by atoms with Crippen molar-refractivity contribution < 1.29 is 14.3 Å². The van der Waals surface area contributed by atoms with Gasteiger partial charge in [0, 0.05) is 33.0 Å². The number of nitrogens with zero attached hydrogens (tertiary/aromatic N) is 3. The lowest BCUT2D eigenvalue weighted by molar-refractivity contribution is -0.183. The van der Waals surface area contributed by atoms with Crippen molar-refractivity contribution in [2.24, 2.45) is 0 Å². The van der Waals surface area contributed by atoms with Gasteiger partial charge in [-0.2, -0.15) is 5.10 Å². The van der Waals surface area contributed by atoms with Gasteiger partial charge < -0.3 is 14.4 Å². The molecule has 0 unspecified atom stereocenters. The van der Waals surface area contributed by atoms with Gasteiger partial charge in [0.25, 0.3) is 5.91 Å². The zero-order valence-corrected chi connectivity index (χ0v) is 14.0. The minimum atomic E-state index is -0.217. The summed E-state index contributed by atoms with van der Waals surface area (Å²) in [7, 11) is 1.76. The fraction of sp³-hybridized carbons (Fsp3) is 0.556. The van der Waals surface area contributed by atoms with Crippen molar-refractivity contribution in [3.05, 3.63) is 36.2 Å². The van der Waals surface area contributed by atoms with Crippen LogP contribution >= 0.6 is 0 Å². The molecule has 1 spiro atoms. The van der Waals surface area contributed by atoms with E-state index in [-0.39, 0.29) is 17.6 Å².